The van der Waals surface area contributed by atoms with Gasteiger partial charge in [0.15, 0.2) is 0 Å². The molecule has 2 heterocycles. The first kappa shape index (κ1) is 17.7. The van der Waals surface area contributed by atoms with Crippen molar-refractivity contribution in [3.63, 3.8) is 0 Å². The Morgan fingerprint density at radius 2 is 1.96 bits per heavy atom. The van der Waals surface area contributed by atoms with Crippen LogP contribution in [0.3, 0.4) is 0 Å². The summed E-state index contributed by atoms with van der Waals surface area (Å²) in [4.78, 5) is 14.3. The molecule has 0 fully saturated rings. The summed E-state index contributed by atoms with van der Waals surface area (Å²) in [5.41, 5.74) is 4.56. The van der Waals surface area contributed by atoms with Crippen molar-refractivity contribution in [3.05, 3.63) is 58.6 Å². The molecule has 7 heteroatoms. The smallest absolute Gasteiger partial charge is 0.323 e. The molecule has 0 aliphatic carbocycles. The average molecular weight is 353 g/mol. The predicted molar refractivity (Wildman–Crippen MR) is 99.5 cm³/mol. The van der Waals surface area contributed by atoms with Crippen molar-refractivity contribution in [1.29, 1.82) is 0 Å². The summed E-state index contributed by atoms with van der Waals surface area (Å²) in [6, 6.07) is 9.56. The number of anilines is 1. The molecule has 7 nitrogen and oxygen atoms in total. The van der Waals surface area contributed by atoms with Crippen LogP contribution in [0.15, 0.2) is 34.9 Å². The highest BCUT2D eigenvalue weighted by atomic mass is 16.5. The lowest BCUT2D eigenvalue weighted by atomic mass is 10.2. The number of nitrogens with one attached hydrogen (secondary N) is 1. The van der Waals surface area contributed by atoms with Gasteiger partial charge in [-0.15, -0.1) is 0 Å². The molecule has 0 spiro atoms. The minimum atomic E-state index is -0.222. The van der Waals surface area contributed by atoms with Crippen LogP contribution >= 0.6 is 0 Å². The van der Waals surface area contributed by atoms with Gasteiger partial charge in [-0.1, -0.05) is 23.4 Å². The Balaban J connectivity index is 1.81. The van der Waals surface area contributed by atoms with Gasteiger partial charge in [0.25, 0.3) is 0 Å². The molecule has 0 bridgehead atoms. The fraction of sp³-hybridized carbons (Fsp3) is 0.316. The molecule has 26 heavy (non-hydrogen) atoms. The summed E-state index contributed by atoms with van der Waals surface area (Å²) in [6.07, 6.45) is 0. The molecule has 0 saturated heterocycles. The van der Waals surface area contributed by atoms with E-state index in [0.29, 0.717) is 12.4 Å². The van der Waals surface area contributed by atoms with Gasteiger partial charge in [-0.2, -0.15) is 5.10 Å². The van der Waals surface area contributed by atoms with Gasteiger partial charge in [0, 0.05) is 18.7 Å². The summed E-state index contributed by atoms with van der Waals surface area (Å²) in [6.45, 7) is 8.05. The van der Waals surface area contributed by atoms with Crippen LogP contribution in [0.1, 0.15) is 28.3 Å². The van der Waals surface area contributed by atoms with Crippen molar-refractivity contribution in [2.45, 2.75) is 34.2 Å². The molecule has 0 aliphatic heterocycles. The van der Waals surface area contributed by atoms with Gasteiger partial charge in [-0.3, -0.25) is 5.32 Å². The zero-order valence-corrected chi connectivity index (χ0v) is 15.7. The van der Waals surface area contributed by atoms with Crippen molar-refractivity contribution in [3.8, 4) is 5.69 Å². The molecule has 0 radical (unpaired) electrons. The minimum absolute atomic E-state index is 0.222. The second-order valence-electron chi connectivity index (χ2n) is 6.46. The number of hydrogen-bond acceptors (Lipinski definition) is 4. The number of aryl methyl sites for hydroxylation is 4. The van der Waals surface area contributed by atoms with Gasteiger partial charge < -0.3 is 9.42 Å². The van der Waals surface area contributed by atoms with E-state index in [9.17, 15) is 4.79 Å². The topological polar surface area (TPSA) is 76.2 Å². The van der Waals surface area contributed by atoms with Gasteiger partial charge in [-0.25, -0.2) is 9.48 Å². The summed E-state index contributed by atoms with van der Waals surface area (Å²) in [5.74, 6) is 1.36. The number of carbonyl (C=O) groups excluding carboxylic acids is 1. The maximum absolute atomic E-state index is 12.7. The number of hydrogen-bond donors (Lipinski definition) is 1. The van der Waals surface area contributed by atoms with Gasteiger partial charge in [0.1, 0.15) is 11.6 Å². The van der Waals surface area contributed by atoms with Gasteiger partial charge in [0.2, 0.25) is 0 Å². The number of urea groups is 1. The van der Waals surface area contributed by atoms with Gasteiger partial charge in [0.05, 0.1) is 23.6 Å². The first-order valence-corrected chi connectivity index (χ1v) is 8.43. The Kier molecular flexibility index (Phi) is 4.79. The molecule has 1 N–H and O–H groups in total. The molecule has 0 saturated carbocycles. The highest BCUT2D eigenvalue weighted by Gasteiger charge is 2.18. The standard InChI is InChI=1S/C19H23N5O2/c1-12-8-6-7-9-17(12)24-18(10-13(2)21-24)20-19(25)23(5)11-16-14(3)22-26-15(16)4/h6-10H,11H2,1-5H3,(H,20,25). The number of aromatic nitrogens is 3. The number of rotatable bonds is 4. The molecule has 3 rings (SSSR count). The first-order chi connectivity index (χ1) is 12.4. The molecular formula is C19H23N5O2. The Labute approximate surface area is 152 Å². The predicted octanol–water partition coefficient (Wildman–Crippen LogP) is 3.76. The SMILES string of the molecule is Cc1cc(NC(=O)N(C)Cc2c(C)noc2C)n(-c2ccccc2C)n1. The molecule has 3 aromatic rings. The lowest BCUT2D eigenvalue weighted by Crippen LogP contribution is -2.32. The van der Waals surface area contributed by atoms with E-state index in [0.717, 1.165) is 34.0 Å². The van der Waals surface area contributed by atoms with Crippen LogP contribution in [-0.4, -0.2) is 32.9 Å². The number of benzene rings is 1. The Morgan fingerprint density at radius 3 is 2.62 bits per heavy atom. The van der Waals surface area contributed by atoms with Crippen molar-refractivity contribution >= 4 is 11.8 Å². The van der Waals surface area contributed by atoms with Crippen LogP contribution in [0, 0.1) is 27.7 Å². The lowest BCUT2D eigenvalue weighted by Gasteiger charge is -2.18. The fourth-order valence-electron chi connectivity index (χ4n) is 2.81. The summed E-state index contributed by atoms with van der Waals surface area (Å²) < 4.78 is 6.92. The second-order valence-corrected chi connectivity index (χ2v) is 6.46. The van der Waals surface area contributed by atoms with Crippen LogP contribution in [-0.2, 0) is 6.54 Å². The van der Waals surface area contributed by atoms with Crippen molar-refractivity contribution in [2.75, 3.05) is 12.4 Å². The normalized spacial score (nSPS) is 10.8. The lowest BCUT2D eigenvalue weighted by molar-refractivity contribution is 0.220. The first-order valence-electron chi connectivity index (χ1n) is 8.43. The molecule has 1 aromatic carbocycles. The van der Waals surface area contributed by atoms with Crippen LogP contribution < -0.4 is 5.32 Å². The van der Waals surface area contributed by atoms with E-state index in [1.165, 1.54) is 0 Å². The molecule has 136 valence electrons. The Hall–Kier alpha value is -3.09. The zero-order chi connectivity index (χ0) is 18.8. The molecule has 0 aliphatic rings. The molecule has 2 aromatic heterocycles. The van der Waals surface area contributed by atoms with Crippen molar-refractivity contribution in [1.82, 2.24) is 19.8 Å². The molecule has 0 unspecified atom stereocenters. The van der Waals surface area contributed by atoms with E-state index in [4.69, 9.17) is 4.52 Å². The van der Waals surface area contributed by atoms with E-state index in [2.05, 4.69) is 15.6 Å². The van der Waals surface area contributed by atoms with E-state index in [1.54, 1.807) is 16.6 Å². The van der Waals surface area contributed by atoms with Gasteiger partial charge >= 0.3 is 6.03 Å². The van der Waals surface area contributed by atoms with E-state index in [-0.39, 0.29) is 6.03 Å². The monoisotopic (exact) mass is 353 g/mol. The summed E-state index contributed by atoms with van der Waals surface area (Å²) >= 11 is 0. The maximum atomic E-state index is 12.7. The van der Waals surface area contributed by atoms with Crippen molar-refractivity contribution < 1.29 is 9.32 Å². The van der Waals surface area contributed by atoms with E-state index >= 15 is 0 Å². The third-order valence-corrected chi connectivity index (χ3v) is 4.33. The quantitative estimate of drug-likeness (QED) is 0.775. The highest BCUT2D eigenvalue weighted by molar-refractivity contribution is 5.88. The summed E-state index contributed by atoms with van der Waals surface area (Å²) in [5, 5.41) is 11.4. The Bertz CT molecular complexity index is 922. The number of carbonyl (C=O) groups is 1. The van der Waals surface area contributed by atoms with Crippen LogP contribution in [0.5, 0.6) is 0 Å². The second kappa shape index (κ2) is 7.03. The maximum Gasteiger partial charge on any atom is 0.323 e. The largest absolute Gasteiger partial charge is 0.361 e. The number of para-hydroxylation sites is 1. The average Bonchev–Trinajstić information content (AvgIpc) is 3.11. The molecule has 2 amide bonds. The fourth-order valence-corrected chi connectivity index (χ4v) is 2.81. The minimum Gasteiger partial charge on any atom is -0.361 e. The molecule has 0 atom stereocenters. The van der Waals surface area contributed by atoms with E-state index in [1.807, 2.05) is 58.0 Å². The molecular weight excluding hydrogens is 330 g/mol. The van der Waals surface area contributed by atoms with Crippen molar-refractivity contribution in [2.24, 2.45) is 0 Å². The number of amides is 2. The van der Waals surface area contributed by atoms with Crippen LogP contribution in [0.25, 0.3) is 5.69 Å². The summed E-state index contributed by atoms with van der Waals surface area (Å²) in [7, 11) is 1.74. The van der Waals surface area contributed by atoms with Crippen LogP contribution in [0.2, 0.25) is 0 Å². The van der Waals surface area contributed by atoms with Crippen LogP contribution in [0.4, 0.5) is 10.6 Å². The number of nitrogens with zero attached hydrogens (tertiary/aromatic N) is 4. The van der Waals surface area contributed by atoms with E-state index < -0.39 is 0 Å². The van der Waals surface area contributed by atoms with Gasteiger partial charge in [-0.05, 0) is 39.3 Å². The third kappa shape index (κ3) is 3.46. The Morgan fingerprint density at radius 1 is 1.23 bits per heavy atom. The third-order valence-electron chi connectivity index (χ3n) is 4.33. The zero-order valence-electron chi connectivity index (χ0n) is 15.7. The highest BCUT2D eigenvalue weighted by Crippen LogP contribution is 2.21.